The molecule has 2 aliphatic heterocycles. The summed E-state index contributed by atoms with van der Waals surface area (Å²) < 4.78 is 17.3. The fraction of sp³-hybridized carbons (Fsp3) is 0.314. The van der Waals surface area contributed by atoms with Gasteiger partial charge in [0.1, 0.15) is 17.2 Å². The second kappa shape index (κ2) is 14.6. The Labute approximate surface area is 273 Å². The van der Waals surface area contributed by atoms with Gasteiger partial charge in [0.2, 0.25) is 0 Å². The van der Waals surface area contributed by atoms with E-state index in [0.717, 1.165) is 32.3 Å². The number of hydrogen-bond donors (Lipinski definition) is 2. The fourth-order valence-electron chi connectivity index (χ4n) is 5.52. The van der Waals surface area contributed by atoms with Crippen LogP contribution in [0.15, 0.2) is 66.7 Å². The van der Waals surface area contributed by atoms with Crippen LogP contribution in [0.2, 0.25) is 0 Å². The number of carboxylic acid groups (broad SMARTS) is 1. The van der Waals surface area contributed by atoms with E-state index in [4.69, 9.17) is 14.2 Å². The summed E-state index contributed by atoms with van der Waals surface area (Å²) in [7, 11) is 7.91. The van der Waals surface area contributed by atoms with Crippen LogP contribution in [0.25, 0.3) is 0 Å². The summed E-state index contributed by atoms with van der Waals surface area (Å²) in [4.78, 5) is 52.7. The number of nitrogens with zero attached hydrogens (tertiary/aromatic N) is 2. The molecule has 2 N–H and O–H groups in total. The van der Waals surface area contributed by atoms with Crippen molar-refractivity contribution in [1.82, 2.24) is 10.2 Å². The molecule has 0 saturated carbocycles. The van der Waals surface area contributed by atoms with Crippen LogP contribution in [0.1, 0.15) is 43.3 Å². The summed E-state index contributed by atoms with van der Waals surface area (Å²) in [5, 5.41) is 15.3. The molecule has 47 heavy (non-hydrogen) atoms. The van der Waals surface area contributed by atoms with Crippen molar-refractivity contribution in [3.05, 3.63) is 94.6 Å². The third kappa shape index (κ3) is 7.51. The van der Waals surface area contributed by atoms with Crippen LogP contribution in [0.5, 0.6) is 11.5 Å². The average Bonchev–Trinajstić information content (AvgIpc) is 3.37. The Morgan fingerprint density at radius 3 is 2.17 bits per heavy atom. The van der Waals surface area contributed by atoms with Gasteiger partial charge in [-0.15, -0.1) is 0 Å². The van der Waals surface area contributed by atoms with Crippen LogP contribution in [-0.2, 0) is 19.1 Å². The van der Waals surface area contributed by atoms with Crippen LogP contribution in [0.4, 0.5) is 11.4 Å². The fourth-order valence-corrected chi connectivity index (χ4v) is 5.52. The van der Waals surface area contributed by atoms with Gasteiger partial charge < -0.3 is 39.2 Å². The van der Waals surface area contributed by atoms with Crippen LogP contribution in [0.3, 0.4) is 0 Å². The zero-order valence-electron chi connectivity index (χ0n) is 26.8. The molecule has 3 amide bonds. The number of fused-ring (bicyclic) bond motifs is 2. The lowest BCUT2D eigenvalue weighted by atomic mass is 9.80. The lowest BCUT2D eigenvalue weighted by molar-refractivity contribution is -0.786. The van der Waals surface area contributed by atoms with E-state index in [-0.39, 0.29) is 62.5 Å². The Morgan fingerprint density at radius 1 is 0.872 bits per heavy atom. The molecular formula is C35H38N4O8. The van der Waals surface area contributed by atoms with Crippen molar-refractivity contribution in [1.29, 1.82) is 0 Å². The first kappa shape index (κ1) is 33.3. The van der Waals surface area contributed by atoms with Crippen molar-refractivity contribution < 1.29 is 43.4 Å². The first-order valence-electron chi connectivity index (χ1n) is 15.3. The maximum Gasteiger partial charge on any atom is 0.253 e. The molecule has 12 heteroatoms. The normalized spacial score (nSPS) is 15.0. The molecule has 0 spiro atoms. The van der Waals surface area contributed by atoms with Gasteiger partial charge in [0.15, 0.2) is 0 Å². The smallest absolute Gasteiger partial charge is 0.253 e. The maximum absolute atomic E-state index is 13.0. The number of carbonyl (C=O) groups excluding carboxylic acids is 4. The van der Waals surface area contributed by atoms with E-state index in [0.29, 0.717) is 17.1 Å². The molecule has 0 aromatic heterocycles. The number of carbonyl (C=O) groups is 4. The lowest BCUT2D eigenvalue weighted by Crippen LogP contribution is -3.00. The van der Waals surface area contributed by atoms with Crippen molar-refractivity contribution >= 4 is 35.1 Å². The highest BCUT2D eigenvalue weighted by molar-refractivity contribution is 6.12. The third-order valence-corrected chi connectivity index (χ3v) is 8.06. The van der Waals surface area contributed by atoms with Crippen molar-refractivity contribution in [2.45, 2.75) is 5.92 Å². The minimum Gasteiger partial charge on any atom is -0.545 e. The summed E-state index contributed by atoms with van der Waals surface area (Å²) in [5.74, 6) is -1.75. The van der Waals surface area contributed by atoms with Gasteiger partial charge in [0.05, 0.1) is 53.0 Å². The van der Waals surface area contributed by atoms with E-state index in [1.165, 1.54) is 18.2 Å². The van der Waals surface area contributed by atoms with Crippen LogP contribution in [-0.4, -0.2) is 96.3 Å². The van der Waals surface area contributed by atoms with Crippen LogP contribution in [0, 0.1) is 0 Å². The topological polar surface area (TPSA) is 142 Å². The number of aromatic carboxylic acids is 1. The van der Waals surface area contributed by atoms with Crippen molar-refractivity contribution in [2.24, 2.45) is 0 Å². The molecule has 0 bridgehead atoms. The number of ether oxygens (including phenoxy) is 3. The van der Waals surface area contributed by atoms with E-state index < -0.39 is 17.8 Å². The number of nitrogens with one attached hydrogen (secondary N) is 2. The molecule has 3 aromatic rings. The summed E-state index contributed by atoms with van der Waals surface area (Å²) in [6.07, 6.45) is 2.44. The van der Waals surface area contributed by atoms with Crippen molar-refractivity contribution in [2.75, 3.05) is 72.6 Å². The van der Waals surface area contributed by atoms with E-state index >= 15 is 0 Å². The van der Waals surface area contributed by atoms with E-state index in [9.17, 15) is 24.3 Å². The Balaban J connectivity index is 1.24. The maximum atomic E-state index is 13.0. The van der Waals surface area contributed by atoms with Gasteiger partial charge in [0, 0.05) is 78.8 Å². The van der Waals surface area contributed by atoms with Gasteiger partial charge in [-0.25, -0.2) is 0 Å². The average molecular weight is 643 g/mol. The van der Waals surface area contributed by atoms with Crippen molar-refractivity contribution in [3.63, 3.8) is 0 Å². The quantitative estimate of drug-likeness (QED) is 0.151. The van der Waals surface area contributed by atoms with Crippen LogP contribution < -0.4 is 25.0 Å². The summed E-state index contributed by atoms with van der Waals surface area (Å²) in [5.41, 5.74) is 4.17. The molecule has 0 fully saturated rings. The number of hydrogen-bond acceptors (Lipinski definition) is 9. The highest BCUT2D eigenvalue weighted by atomic mass is 16.5. The number of imide groups is 1. The number of anilines is 1. The molecule has 2 aliphatic rings. The zero-order chi connectivity index (χ0) is 33.7. The predicted octanol–water partition coefficient (Wildman–Crippen LogP) is 0.866. The van der Waals surface area contributed by atoms with Gasteiger partial charge in [0.25, 0.3) is 17.7 Å². The molecule has 3 aromatic carbocycles. The van der Waals surface area contributed by atoms with Gasteiger partial charge in [-0.3, -0.25) is 19.3 Å². The number of carboxylic acids is 1. The number of benzene rings is 3. The third-order valence-electron chi connectivity index (χ3n) is 8.06. The molecule has 0 saturated heterocycles. The number of rotatable bonds is 14. The van der Waals surface area contributed by atoms with E-state index in [2.05, 4.69) is 5.32 Å². The molecule has 246 valence electrons. The molecule has 0 aliphatic carbocycles. The Morgan fingerprint density at radius 2 is 1.51 bits per heavy atom. The molecule has 1 atom stereocenters. The molecule has 0 radical (unpaired) electrons. The minimum atomic E-state index is -1.39. The van der Waals surface area contributed by atoms with Gasteiger partial charge in [-0.05, 0) is 35.9 Å². The molecule has 2 heterocycles. The second-order valence-corrected chi connectivity index (χ2v) is 11.6. The highest BCUT2D eigenvalue weighted by Gasteiger charge is 2.32. The zero-order valence-corrected chi connectivity index (χ0v) is 26.8. The van der Waals surface area contributed by atoms with Gasteiger partial charge >= 0.3 is 0 Å². The molecule has 1 unspecified atom stereocenters. The van der Waals surface area contributed by atoms with Crippen LogP contribution >= 0.6 is 0 Å². The molecule has 12 nitrogen and oxygen atoms in total. The van der Waals surface area contributed by atoms with Gasteiger partial charge in [-0.1, -0.05) is 12.1 Å². The highest BCUT2D eigenvalue weighted by Crippen LogP contribution is 2.49. The van der Waals surface area contributed by atoms with E-state index in [1.54, 1.807) is 12.1 Å². The Hall–Kier alpha value is -5.04. The summed E-state index contributed by atoms with van der Waals surface area (Å²) in [6.45, 7) is 1.25. The largest absolute Gasteiger partial charge is 0.545 e. The lowest BCUT2D eigenvalue weighted by Gasteiger charge is -2.31. The first-order valence-corrected chi connectivity index (χ1v) is 15.3. The SMILES string of the molecule is CN(C)c1ccc2c(c1)Oc1cc([NH+](C)C)ccc1C2c1ccc(C(=O)NCCOCCOCCN2C(=O)C=CC2=O)cc1C(=O)[O-]. The minimum absolute atomic E-state index is 0.0815. The molecular weight excluding hydrogens is 604 g/mol. The Kier molecular flexibility index (Phi) is 10.3. The predicted molar refractivity (Wildman–Crippen MR) is 171 cm³/mol. The second-order valence-electron chi connectivity index (χ2n) is 11.6. The summed E-state index contributed by atoms with van der Waals surface area (Å²) >= 11 is 0. The number of amides is 3. The Bertz CT molecular complexity index is 1640. The van der Waals surface area contributed by atoms with Gasteiger partial charge in [-0.2, -0.15) is 0 Å². The summed E-state index contributed by atoms with van der Waals surface area (Å²) in [6, 6.07) is 16.4. The monoisotopic (exact) mass is 642 g/mol. The van der Waals surface area contributed by atoms with E-state index in [1.807, 2.05) is 69.5 Å². The standard InChI is InChI=1S/C35H38N4O8/c1-37(2)23-6-9-26-29(20-23)47-30-21-24(38(3)4)7-10-27(30)33(26)25-8-5-22(19-28(25)35(43)44)34(42)36-13-15-45-17-18-46-16-14-39-31(40)11-12-32(39)41/h5-12,19-21,33H,13-18H2,1-4H3,(H,36,42)(H,43,44). The number of quaternary nitrogens is 1. The molecule has 5 rings (SSSR count). The first-order chi connectivity index (χ1) is 22.5. The van der Waals surface area contributed by atoms with Crippen molar-refractivity contribution in [3.8, 4) is 11.5 Å².